The number of hydrogen-bond donors (Lipinski definition) is 0. The van der Waals surface area contributed by atoms with Crippen molar-refractivity contribution in [3.8, 4) is 0 Å². The van der Waals surface area contributed by atoms with E-state index in [0.717, 1.165) is 24.2 Å². The van der Waals surface area contributed by atoms with Crippen LogP contribution in [0.5, 0.6) is 0 Å². The van der Waals surface area contributed by atoms with Crippen LogP contribution in [-0.4, -0.2) is 87.1 Å². The number of rotatable bonds is 20. The quantitative estimate of drug-likeness (QED) is 0.0994. The monoisotopic (exact) mass is 640 g/mol. The van der Waals surface area contributed by atoms with E-state index in [1.807, 2.05) is 27.7 Å². The van der Waals surface area contributed by atoms with Crippen molar-refractivity contribution in [3.63, 3.8) is 0 Å². The molecule has 0 bridgehead atoms. The average molecular weight is 641 g/mol. The molecule has 1 heterocycles. The second kappa shape index (κ2) is 18.4. The van der Waals surface area contributed by atoms with Gasteiger partial charge in [0.2, 0.25) is 0 Å². The van der Waals surface area contributed by atoms with Gasteiger partial charge in [0, 0.05) is 77.0 Å². The van der Waals surface area contributed by atoms with Crippen molar-refractivity contribution >= 4 is 34.2 Å². The average Bonchev–Trinajstić information content (AvgIpc) is 2.87. The van der Waals surface area contributed by atoms with Crippen molar-refractivity contribution in [2.45, 2.75) is 129 Å². The molecule has 0 saturated carbocycles. The molecule has 1 rings (SSSR count). The minimum atomic E-state index is -2.90. The highest BCUT2D eigenvalue weighted by Crippen LogP contribution is 2.49. The van der Waals surface area contributed by atoms with Crippen molar-refractivity contribution in [1.29, 1.82) is 0 Å². The molecule has 0 radical (unpaired) electrons. The first-order valence-corrected chi connectivity index (χ1v) is 24.4. The maximum atomic E-state index is 7.69. The number of ether oxygens (including phenoxy) is 4. The Hall–Kier alpha value is 0.548. The summed E-state index contributed by atoms with van der Waals surface area (Å²) in [5.74, 6) is 0. The van der Waals surface area contributed by atoms with E-state index in [0.29, 0.717) is 52.9 Å². The standard InChI is InChI=1S/C28H64O8Si4/c1-13-29-17-21-37(25(5)6)33-38(26(7)8,22-18-30-14-2)35-40(28(11)12,24-20-32-16-4)36-39(34-37,27(9)10)23-19-31-15-3/h25-28H,13-24H2,1-12H3. The minimum Gasteiger partial charge on any atom is -0.415 e. The molecule has 0 unspecified atom stereocenters. The normalized spacial score (nSPS) is 30.0. The third-order valence-electron chi connectivity index (χ3n) is 8.10. The lowest BCUT2D eigenvalue weighted by Gasteiger charge is -2.57. The lowest BCUT2D eigenvalue weighted by Crippen LogP contribution is -2.73. The van der Waals surface area contributed by atoms with Gasteiger partial charge in [0.1, 0.15) is 0 Å². The Morgan fingerprint density at radius 1 is 0.375 bits per heavy atom. The van der Waals surface area contributed by atoms with Crippen LogP contribution in [0.15, 0.2) is 0 Å². The maximum absolute atomic E-state index is 7.69. The van der Waals surface area contributed by atoms with Crippen LogP contribution >= 0.6 is 0 Å². The Labute approximate surface area is 251 Å². The second-order valence-electron chi connectivity index (χ2n) is 12.1. The number of hydrogen-bond acceptors (Lipinski definition) is 8. The molecule has 40 heavy (non-hydrogen) atoms. The molecule has 1 aliphatic heterocycles. The summed E-state index contributed by atoms with van der Waals surface area (Å²) in [4.78, 5) is 0. The van der Waals surface area contributed by atoms with Gasteiger partial charge in [-0.15, -0.1) is 0 Å². The molecule has 0 N–H and O–H groups in total. The Balaban J connectivity index is 3.94. The summed E-state index contributed by atoms with van der Waals surface area (Å²) >= 11 is 0. The van der Waals surface area contributed by atoms with E-state index in [2.05, 4.69) is 55.4 Å². The summed E-state index contributed by atoms with van der Waals surface area (Å²) in [7, 11) is -11.6. The van der Waals surface area contributed by atoms with Gasteiger partial charge in [0.15, 0.2) is 0 Å². The van der Waals surface area contributed by atoms with Crippen LogP contribution in [0, 0.1) is 0 Å². The summed E-state index contributed by atoms with van der Waals surface area (Å²) in [5, 5.41) is 0. The molecule has 1 aliphatic rings. The zero-order valence-corrected chi connectivity index (χ0v) is 32.1. The smallest absolute Gasteiger partial charge is 0.325 e. The molecule has 0 aliphatic carbocycles. The highest BCUT2D eigenvalue weighted by molar-refractivity contribution is 6.96. The Bertz CT molecular complexity index is 561. The fraction of sp³-hybridized carbons (Fsp3) is 1.00. The largest absolute Gasteiger partial charge is 0.415 e. The van der Waals surface area contributed by atoms with Crippen LogP contribution in [0.1, 0.15) is 83.1 Å². The third kappa shape index (κ3) is 10.3. The van der Waals surface area contributed by atoms with E-state index in [1.54, 1.807) is 0 Å². The van der Waals surface area contributed by atoms with Crippen LogP contribution in [-0.2, 0) is 35.4 Å². The van der Waals surface area contributed by atoms with E-state index in [9.17, 15) is 0 Å². The molecule has 0 aromatic heterocycles. The van der Waals surface area contributed by atoms with Gasteiger partial charge >= 0.3 is 34.2 Å². The van der Waals surface area contributed by atoms with Crippen molar-refractivity contribution in [1.82, 2.24) is 0 Å². The van der Waals surface area contributed by atoms with Gasteiger partial charge in [-0.05, 0) is 49.9 Å². The molecule has 0 atom stereocenters. The van der Waals surface area contributed by atoms with Crippen LogP contribution in [0.25, 0.3) is 0 Å². The van der Waals surface area contributed by atoms with Crippen LogP contribution in [0.3, 0.4) is 0 Å². The van der Waals surface area contributed by atoms with Gasteiger partial charge in [-0.25, -0.2) is 0 Å². The van der Waals surface area contributed by atoms with Crippen molar-refractivity contribution < 1.29 is 35.4 Å². The molecule has 0 aromatic rings. The zero-order valence-electron chi connectivity index (χ0n) is 28.1. The first kappa shape index (κ1) is 38.6. The summed E-state index contributed by atoms with van der Waals surface area (Å²) < 4.78 is 54.5. The lowest BCUT2D eigenvalue weighted by molar-refractivity contribution is 0.123. The summed E-state index contributed by atoms with van der Waals surface area (Å²) in [6, 6.07) is 3.03. The van der Waals surface area contributed by atoms with E-state index < -0.39 is 34.2 Å². The second-order valence-corrected chi connectivity index (χ2v) is 28.4. The van der Waals surface area contributed by atoms with Crippen LogP contribution in [0.2, 0.25) is 46.3 Å². The highest BCUT2D eigenvalue weighted by Gasteiger charge is 2.65. The lowest BCUT2D eigenvalue weighted by atomic mass is 10.6. The SMILES string of the molecule is CCOCC[Si]1(C(C)C)O[Si](CCOCC)(C(C)C)O[Si](CCOCC)(C(C)C)O[Si](CCOCC)(C(C)C)O1. The predicted octanol–water partition coefficient (Wildman–Crippen LogP) is 7.62. The molecular weight excluding hydrogens is 577 g/mol. The Kier molecular flexibility index (Phi) is 17.7. The van der Waals surface area contributed by atoms with E-state index in [4.69, 9.17) is 35.4 Å². The molecule has 1 saturated heterocycles. The fourth-order valence-electron chi connectivity index (χ4n) is 5.19. The third-order valence-corrected chi connectivity index (χ3v) is 29.8. The van der Waals surface area contributed by atoms with Gasteiger partial charge in [-0.2, -0.15) is 0 Å². The van der Waals surface area contributed by atoms with Crippen LogP contribution < -0.4 is 0 Å². The van der Waals surface area contributed by atoms with Gasteiger partial charge in [0.25, 0.3) is 0 Å². The maximum Gasteiger partial charge on any atom is 0.325 e. The van der Waals surface area contributed by atoms with Gasteiger partial charge < -0.3 is 35.4 Å². The Morgan fingerprint density at radius 2 is 0.550 bits per heavy atom. The van der Waals surface area contributed by atoms with E-state index in [1.165, 1.54) is 0 Å². The predicted molar refractivity (Wildman–Crippen MR) is 173 cm³/mol. The Morgan fingerprint density at radius 3 is 0.675 bits per heavy atom. The van der Waals surface area contributed by atoms with Crippen molar-refractivity contribution in [3.05, 3.63) is 0 Å². The fourth-order valence-corrected chi connectivity index (χ4v) is 31.6. The molecule has 0 aromatic carbocycles. The van der Waals surface area contributed by atoms with Crippen molar-refractivity contribution in [2.75, 3.05) is 52.9 Å². The molecule has 8 nitrogen and oxygen atoms in total. The topological polar surface area (TPSA) is 73.8 Å². The summed E-state index contributed by atoms with van der Waals surface area (Å²) in [5.41, 5.74) is 0.805. The highest BCUT2D eigenvalue weighted by atomic mass is 28.5. The van der Waals surface area contributed by atoms with E-state index in [-0.39, 0.29) is 22.2 Å². The molecule has 0 amide bonds. The first-order chi connectivity index (χ1) is 18.8. The summed E-state index contributed by atoms with van der Waals surface area (Å²) in [6.07, 6.45) is 0. The molecular formula is C28H64O8Si4. The zero-order chi connectivity index (χ0) is 30.5. The minimum absolute atomic E-state index is 0.201. The van der Waals surface area contributed by atoms with Crippen molar-refractivity contribution in [2.24, 2.45) is 0 Å². The van der Waals surface area contributed by atoms with Crippen LogP contribution in [0.4, 0.5) is 0 Å². The molecule has 240 valence electrons. The molecule has 1 fully saturated rings. The van der Waals surface area contributed by atoms with E-state index >= 15 is 0 Å². The van der Waals surface area contributed by atoms with Gasteiger partial charge in [0.05, 0.1) is 0 Å². The van der Waals surface area contributed by atoms with Gasteiger partial charge in [-0.3, -0.25) is 0 Å². The molecule has 0 spiro atoms. The van der Waals surface area contributed by atoms with Gasteiger partial charge in [-0.1, -0.05) is 55.4 Å². The molecule has 12 heteroatoms. The summed E-state index contributed by atoms with van der Waals surface area (Å²) in [6.45, 7) is 31.3. The first-order valence-electron chi connectivity index (χ1n) is 16.0.